The van der Waals surface area contributed by atoms with Crippen LogP contribution in [0.15, 0.2) is 29.5 Å². The van der Waals surface area contributed by atoms with Crippen molar-refractivity contribution in [2.24, 2.45) is 0 Å². The van der Waals surface area contributed by atoms with Crippen LogP contribution in [0.3, 0.4) is 0 Å². The molecule has 0 unspecified atom stereocenters. The van der Waals surface area contributed by atoms with Crippen molar-refractivity contribution < 1.29 is 13.2 Å². The fraction of sp³-hybridized carbons (Fsp3) is 0.214. The van der Waals surface area contributed by atoms with E-state index in [2.05, 4.69) is 20.1 Å². The molecular formula is C14H9F3N6O. The molecule has 7 nitrogen and oxygen atoms in total. The lowest BCUT2D eigenvalue weighted by atomic mass is 10.1. The third kappa shape index (κ3) is 2.50. The predicted octanol–water partition coefficient (Wildman–Crippen LogP) is 2.01. The SMILES string of the molecule is C[C@@H](c1ccc(C(F)(F)F)nc1)n1nc(C#N)c2c(=O)[nH]cnc21. The molecule has 0 bridgehead atoms. The Morgan fingerprint density at radius 1 is 1.33 bits per heavy atom. The lowest BCUT2D eigenvalue weighted by Gasteiger charge is -2.14. The fourth-order valence-electron chi connectivity index (χ4n) is 2.29. The van der Waals surface area contributed by atoms with E-state index in [0.29, 0.717) is 5.56 Å². The van der Waals surface area contributed by atoms with Gasteiger partial charge in [-0.2, -0.15) is 23.5 Å². The first-order valence-corrected chi connectivity index (χ1v) is 6.72. The van der Waals surface area contributed by atoms with E-state index < -0.39 is 23.5 Å². The largest absolute Gasteiger partial charge is 0.433 e. The van der Waals surface area contributed by atoms with Crippen molar-refractivity contribution >= 4 is 11.0 Å². The van der Waals surface area contributed by atoms with Gasteiger partial charge in [-0.05, 0) is 18.6 Å². The number of hydrogen-bond acceptors (Lipinski definition) is 5. The van der Waals surface area contributed by atoms with Crippen LogP contribution in [0.25, 0.3) is 11.0 Å². The van der Waals surface area contributed by atoms with E-state index in [1.54, 1.807) is 6.92 Å². The Kier molecular flexibility index (Phi) is 3.56. The van der Waals surface area contributed by atoms with Gasteiger partial charge in [0.15, 0.2) is 11.3 Å². The highest BCUT2D eigenvalue weighted by Gasteiger charge is 2.32. The number of fused-ring (bicyclic) bond motifs is 1. The van der Waals surface area contributed by atoms with E-state index in [9.17, 15) is 18.0 Å². The standard InChI is InChI=1S/C14H9F3N6O/c1-7(8-2-3-10(19-5-8)14(15,16)17)23-12-11(9(4-18)22-23)13(24)21-6-20-12/h2-3,5-7H,1H3,(H,20,21,24)/t7-/m0/s1. The first-order valence-electron chi connectivity index (χ1n) is 6.72. The molecule has 0 aromatic carbocycles. The topological polar surface area (TPSA) is 100 Å². The normalized spacial score (nSPS) is 13.0. The van der Waals surface area contributed by atoms with Gasteiger partial charge < -0.3 is 4.98 Å². The van der Waals surface area contributed by atoms with Crippen LogP contribution in [0.4, 0.5) is 13.2 Å². The second-order valence-corrected chi connectivity index (χ2v) is 4.99. The van der Waals surface area contributed by atoms with Gasteiger partial charge in [0.05, 0.1) is 12.4 Å². The van der Waals surface area contributed by atoms with Gasteiger partial charge in [0, 0.05) is 6.20 Å². The number of nitrogens with zero attached hydrogens (tertiary/aromatic N) is 5. The molecule has 0 radical (unpaired) electrons. The zero-order valence-electron chi connectivity index (χ0n) is 12.2. The van der Waals surface area contributed by atoms with Gasteiger partial charge in [-0.3, -0.25) is 9.78 Å². The molecule has 0 aliphatic carbocycles. The van der Waals surface area contributed by atoms with Gasteiger partial charge in [0.2, 0.25) is 0 Å². The van der Waals surface area contributed by atoms with Crippen LogP contribution in [0.5, 0.6) is 0 Å². The number of rotatable bonds is 2. The maximum Gasteiger partial charge on any atom is 0.433 e. The zero-order valence-corrected chi connectivity index (χ0v) is 12.2. The van der Waals surface area contributed by atoms with E-state index in [4.69, 9.17) is 5.26 Å². The summed E-state index contributed by atoms with van der Waals surface area (Å²) in [6, 6.07) is 3.37. The molecule has 0 aliphatic rings. The molecule has 0 aliphatic heterocycles. The van der Waals surface area contributed by atoms with Crippen molar-refractivity contribution in [2.45, 2.75) is 19.1 Å². The first-order chi connectivity index (χ1) is 11.3. The summed E-state index contributed by atoms with van der Waals surface area (Å²) in [4.78, 5) is 21.6. The first kappa shape index (κ1) is 15.7. The van der Waals surface area contributed by atoms with E-state index in [0.717, 1.165) is 12.3 Å². The molecule has 122 valence electrons. The highest BCUT2D eigenvalue weighted by Crippen LogP contribution is 2.29. The molecule has 3 aromatic heterocycles. The van der Waals surface area contributed by atoms with Crippen molar-refractivity contribution in [3.05, 3.63) is 52.0 Å². The lowest BCUT2D eigenvalue weighted by molar-refractivity contribution is -0.141. The molecular weight excluding hydrogens is 325 g/mol. The number of hydrogen-bond donors (Lipinski definition) is 1. The van der Waals surface area contributed by atoms with Gasteiger partial charge >= 0.3 is 6.18 Å². The highest BCUT2D eigenvalue weighted by atomic mass is 19.4. The number of halogens is 3. The Balaban J connectivity index is 2.10. The van der Waals surface area contributed by atoms with Crippen LogP contribution in [0.2, 0.25) is 0 Å². The van der Waals surface area contributed by atoms with Gasteiger partial charge in [-0.15, -0.1) is 0 Å². The van der Waals surface area contributed by atoms with Crippen molar-refractivity contribution in [1.82, 2.24) is 24.7 Å². The average molecular weight is 334 g/mol. The molecule has 3 rings (SSSR count). The minimum atomic E-state index is -4.52. The summed E-state index contributed by atoms with van der Waals surface area (Å²) >= 11 is 0. The third-order valence-corrected chi connectivity index (χ3v) is 3.53. The van der Waals surface area contributed by atoms with Crippen LogP contribution in [-0.4, -0.2) is 24.7 Å². The number of nitrogens with one attached hydrogen (secondary N) is 1. The number of nitriles is 1. The van der Waals surface area contributed by atoms with Gasteiger partial charge in [-0.25, -0.2) is 9.67 Å². The summed E-state index contributed by atoms with van der Waals surface area (Å²) in [6.45, 7) is 1.65. The lowest BCUT2D eigenvalue weighted by Crippen LogP contribution is -2.13. The monoisotopic (exact) mass is 334 g/mol. The van der Waals surface area contributed by atoms with E-state index in [1.165, 1.54) is 17.1 Å². The van der Waals surface area contributed by atoms with Crippen LogP contribution in [-0.2, 0) is 6.18 Å². The Morgan fingerprint density at radius 2 is 2.08 bits per heavy atom. The fourth-order valence-corrected chi connectivity index (χ4v) is 2.29. The van der Waals surface area contributed by atoms with Crippen LogP contribution in [0, 0.1) is 11.3 Å². The maximum absolute atomic E-state index is 12.6. The molecule has 1 atom stereocenters. The number of aromatic amines is 1. The second-order valence-electron chi connectivity index (χ2n) is 4.99. The van der Waals surface area contributed by atoms with E-state index in [1.807, 2.05) is 6.07 Å². The highest BCUT2D eigenvalue weighted by molar-refractivity contribution is 5.79. The number of alkyl halides is 3. The molecule has 0 saturated heterocycles. The second kappa shape index (κ2) is 5.45. The summed E-state index contributed by atoms with van der Waals surface area (Å²) in [7, 11) is 0. The number of pyridine rings is 1. The summed E-state index contributed by atoms with van der Waals surface area (Å²) in [5.41, 5.74) is -1.02. The molecule has 10 heteroatoms. The summed E-state index contributed by atoms with van der Waals surface area (Å²) < 4.78 is 39.1. The third-order valence-electron chi connectivity index (χ3n) is 3.53. The van der Waals surface area contributed by atoms with Crippen LogP contribution < -0.4 is 5.56 Å². The average Bonchev–Trinajstić information content (AvgIpc) is 2.93. The van der Waals surface area contributed by atoms with E-state index in [-0.39, 0.29) is 16.7 Å². The molecule has 0 spiro atoms. The summed E-state index contributed by atoms with van der Waals surface area (Å²) in [5.74, 6) is 0. The number of aromatic nitrogens is 5. The smallest absolute Gasteiger partial charge is 0.312 e. The van der Waals surface area contributed by atoms with Crippen LogP contribution >= 0.6 is 0 Å². The molecule has 3 heterocycles. The summed E-state index contributed by atoms with van der Waals surface area (Å²) in [5, 5.41) is 13.2. The van der Waals surface area contributed by atoms with E-state index >= 15 is 0 Å². The predicted molar refractivity (Wildman–Crippen MR) is 75.9 cm³/mol. The molecule has 3 aromatic rings. The molecule has 24 heavy (non-hydrogen) atoms. The molecule has 1 N–H and O–H groups in total. The van der Waals surface area contributed by atoms with Crippen molar-refractivity contribution in [2.75, 3.05) is 0 Å². The van der Waals surface area contributed by atoms with Gasteiger partial charge in [-0.1, -0.05) is 6.07 Å². The van der Waals surface area contributed by atoms with Gasteiger partial charge in [0.25, 0.3) is 5.56 Å². The Bertz CT molecular complexity index is 996. The van der Waals surface area contributed by atoms with Crippen molar-refractivity contribution in [3.63, 3.8) is 0 Å². The molecule has 0 saturated carbocycles. The minimum Gasteiger partial charge on any atom is -0.312 e. The van der Waals surface area contributed by atoms with Crippen molar-refractivity contribution in [1.29, 1.82) is 5.26 Å². The van der Waals surface area contributed by atoms with Gasteiger partial charge in [0.1, 0.15) is 17.1 Å². The quantitative estimate of drug-likeness (QED) is 0.773. The number of H-pyrrole nitrogens is 1. The Morgan fingerprint density at radius 3 is 2.67 bits per heavy atom. The Hall–Kier alpha value is -3.22. The zero-order chi connectivity index (χ0) is 17.5. The maximum atomic E-state index is 12.6. The molecule has 0 fully saturated rings. The summed E-state index contributed by atoms with van der Waals surface area (Å²) in [6.07, 6.45) is -2.27. The molecule has 0 amide bonds. The van der Waals surface area contributed by atoms with Crippen LogP contribution in [0.1, 0.15) is 29.9 Å². The minimum absolute atomic E-state index is 0.0340. The Labute approximate surface area is 132 Å². The van der Waals surface area contributed by atoms with Crippen molar-refractivity contribution in [3.8, 4) is 6.07 Å².